The molecule has 0 unspecified atom stereocenters. The van der Waals surface area contributed by atoms with Crippen LogP contribution in [0.5, 0.6) is 0 Å². The zero-order chi connectivity index (χ0) is 15.0. The minimum Gasteiger partial charge on any atom is -0.404 e. The smallest absolute Gasteiger partial charge is 0.345 e. The number of benzene rings is 2. The molecule has 4 nitrogen and oxygen atoms in total. The van der Waals surface area contributed by atoms with Crippen molar-refractivity contribution >= 4 is 51.2 Å². The van der Waals surface area contributed by atoms with E-state index in [1.807, 2.05) is 6.07 Å². The van der Waals surface area contributed by atoms with Gasteiger partial charge in [0.2, 0.25) is 5.88 Å². The van der Waals surface area contributed by atoms with Gasteiger partial charge in [-0.05, 0) is 24.3 Å². The number of nitrogens with one attached hydrogen (secondary N) is 1. The van der Waals surface area contributed by atoms with Crippen LogP contribution in [0.3, 0.4) is 0 Å². The van der Waals surface area contributed by atoms with Crippen LogP contribution < -0.4 is 16.7 Å². The molecule has 0 bridgehead atoms. The van der Waals surface area contributed by atoms with Gasteiger partial charge in [0, 0.05) is 10.4 Å². The lowest BCUT2D eigenvalue weighted by Crippen LogP contribution is -2.06. The van der Waals surface area contributed by atoms with Crippen LogP contribution in [0.1, 0.15) is 0 Å². The first-order valence-electron chi connectivity index (χ1n) is 6.09. The molecule has 3 N–H and O–H groups in total. The molecule has 0 fully saturated rings. The molecule has 3 rings (SSSR count). The quantitative estimate of drug-likeness (QED) is 0.733. The van der Waals surface area contributed by atoms with Gasteiger partial charge in [-0.25, -0.2) is 4.79 Å². The molecule has 0 aliphatic heterocycles. The molecular formula is C15H10Cl2N2O2. The van der Waals surface area contributed by atoms with Crippen LogP contribution in [0.2, 0.25) is 10.0 Å². The van der Waals surface area contributed by atoms with Crippen molar-refractivity contribution in [2.75, 3.05) is 11.1 Å². The molecule has 0 aliphatic carbocycles. The van der Waals surface area contributed by atoms with Gasteiger partial charge in [0.25, 0.3) is 0 Å². The van der Waals surface area contributed by atoms with Crippen LogP contribution in [0.25, 0.3) is 10.8 Å². The van der Waals surface area contributed by atoms with Crippen molar-refractivity contribution in [1.82, 2.24) is 0 Å². The molecule has 1 aromatic heterocycles. The van der Waals surface area contributed by atoms with Crippen LogP contribution in [0, 0.1) is 0 Å². The summed E-state index contributed by atoms with van der Waals surface area (Å²) in [6, 6.07) is 12.0. The second-order valence-corrected chi connectivity index (χ2v) is 5.27. The maximum Gasteiger partial charge on any atom is 0.345 e. The summed E-state index contributed by atoms with van der Waals surface area (Å²) in [5.74, 6) is -0.00487. The second kappa shape index (κ2) is 5.31. The molecule has 106 valence electrons. The van der Waals surface area contributed by atoms with Gasteiger partial charge in [0.1, 0.15) is 5.69 Å². The number of halogens is 2. The summed E-state index contributed by atoms with van der Waals surface area (Å²) in [5, 5.41) is 5.18. The van der Waals surface area contributed by atoms with Gasteiger partial charge in [0.15, 0.2) is 0 Å². The van der Waals surface area contributed by atoms with Crippen molar-refractivity contribution < 1.29 is 4.42 Å². The van der Waals surface area contributed by atoms with E-state index in [1.165, 1.54) is 0 Å². The molecule has 3 aromatic rings. The average molecular weight is 321 g/mol. The molecule has 0 spiro atoms. The zero-order valence-electron chi connectivity index (χ0n) is 10.7. The minimum atomic E-state index is -0.481. The first kappa shape index (κ1) is 13.8. The Morgan fingerprint density at radius 3 is 2.52 bits per heavy atom. The van der Waals surface area contributed by atoms with E-state index in [0.717, 1.165) is 0 Å². The van der Waals surface area contributed by atoms with Gasteiger partial charge in [-0.1, -0.05) is 41.4 Å². The normalized spacial score (nSPS) is 10.8. The van der Waals surface area contributed by atoms with Crippen molar-refractivity contribution in [3.05, 3.63) is 62.9 Å². The Balaban J connectivity index is 2.21. The van der Waals surface area contributed by atoms with E-state index >= 15 is 0 Å². The molecule has 6 heteroatoms. The Bertz CT molecular complexity index is 890. The van der Waals surface area contributed by atoms with Gasteiger partial charge < -0.3 is 15.5 Å². The number of hydrogen-bond donors (Lipinski definition) is 2. The Morgan fingerprint density at radius 2 is 1.76 bits per heavy atom. The van der Waals surface area contributed by atoms with Crippen molar-refractivity contribution in [3.8, 4) is 0 Å². The lowest BCUT2D eigenvalue weighted by molar-refractivity contribution is 0.542. The number of hydrogen-bond acceptors (Lipinski definition) is 4. The summed E-state index contributed by atoms with van der Waals surface area (Å²) in [4.78, 5) is 11.8. The third-order valence-electron chi connectivity index (χ3n) is 3.05. The summed E-state index contributed by atoms with van der Waals surface area (Å²) in [5.41, 5.74) is 6.40. The third-order valence-corrected chi connectivity index (χ3v) is 3.62. The molecule has 0 atom stereocenters. The SMILES string of the molecule is Nc1oc(=O)c2ccccc2c1Nc1cc(Cl)ccc1Cl. The van der Waals surface area contributed by atoms with Gasteiger partial charge in [0.05, 0.1) is 16.1 Å². The van der Waals surface area contributed by atoms with Crippen molar-refractivity contribution in [1.29, 1.82) is 0 Å². The fourth-order valence-electron chi connectivity index (χ4n) is 2.07. The summed E-state index contributed by atoms with van der Waals surface area (Å²) in [7, 11) is 0. The Kier molecular flexibility index (Phi) is 3.49. The Morgan fingerprint density at radius 1 is 1.05 bits per heavy atom. The molecular weight excluding hydrogens is 311 g/mol. The molecule has 21 heavy (non-hydrogen) atoms. The largest absolute Gasteiger partial charge is 0.404 e. The zero-order valence-corrected chi connectivity index (χ0v) is 12.2. The predicted octanol–water partition coefficient (Wildman–Crippen LogP) is 4.43. The second-order valence-electron chi connectivity index (χ2n) is 4.42. The Labute approximate surface area is 130 Å². The van der Waals surface area contributed by atoms with E-state index in [4.69, 9.17) is 33.4 Å². The van der Waals surface area contributed by atoms with Crippen molar-refractivity contribution in [3.63, 3.8) is 0 Å². The van der Waals surface area contributed by atoms with Gasteiger partial charge >= 0.3 is 5.63 Å². The van der Waals surface area contributed by atoms with Crippen LogP contribution >= 0.6 is 23.2 Å². The molecule has 0 radical (unpaired) electrons. The molecule has 0 saturated carbocycles. The average Bonchev–Trinajstić information content (AvgIpc) is 2.47. The fraction of sp³-hybridized carbons (Fsp3) is 0. The lowest BCUT2D eigenvalue weighted by Gasteiger charge is -2.12. The summed E-state index contributed by atoms with van der Waals surface area (Å²) in [6.07, 6.45) is 0. The van der Waals surface area contributed by atoms with Crippen LogP contribution in [-0.4, -0.2) is 0 Å². The van der Waals surface area contributed by atoms with E-state index in [1.54, 1.807) is 36.4 Å². The Hall–Kier alpha value is -2.17. The fourth-order valence-corrected chi connectivity index (χ4v) is 2.41. The number of anilines is 3. The first-order valence-corrected chi connectivity index (χ1v) is 6.85. The molecule has 2 aromatic carbocycles. The van der Waals surface area contributed by atoms with Crippen LogP contribution in [-0.2, 0) is 0 Å². The first-order chi connectivity index (χ1) is 10.1. The highest BCUT2D eigenvalue weighted by Gasteiger charge is 2.12. The van der Waals surface area contributed by atoms with E-state index < -0.39 is 5.63 Å². The van der Waals surface area contributed by atoms with Crippen LogP contribution in [0.4, 0.5) is 17.3 Å². The monoisotopic (exact) mass is 320 g/mol. The number of fused-ring (bicyclic) bond motifs is 1. The predicted molar refractivity (Wildman–Crippen MR) is 86.6 cm³/mol. The summed E-state index contributed by atoms with van der Waals surface area (Å²) in [6.45, 7) is 0. The van der Waals surface area contributed by atoms with Gasteiger partial charge in [-0.15, -0.1) is 0 Å². The van der Waals surface area contributed by atoms with Crippen molar-refractivity contribution in [2.24, 2.45) is 0 Å². The molecule has 0 saturated heterocycles. The minimum absolute atomic E-state index is 0.00487. The maximum absolute atomic E-state index is 11.8. The van der Waals surface area contributed by atoms with Crippen LogP contribution in [0.15, 0.2) is 51.7 Å². The molecule has 0 amide bonds. The lowest BCUT2D eigenvalue weighted by atomic mass is 10.1. The maximum atomic E-state index is 11.8. The van der Waals surface area contributed by atoms with Gasteiger partial charge in [-0.2, -0.15) is 0 Å². The molecule has 1 heterocycles. The summed E-state index contributed by atoms with van der Waals surface area (Å²) < 4.78 is 5.05. The van der Waals surface area contributed by atoms with E-state index in [9.17, 15) is 4.79 Å². The summed E-state index contributed by atoms with van der Waals surface area (Å²) >= 11 is 12.1. The number of nitrogens with two attached hydrogens (primary N) is 1. The third kappa shape index (κ3) is 2.55. The standard InChI is InChI=1S/C15H10Cl2N2O2/c16-8-5-6-11(17)12(7-8)19-13-9-3-1-2-4-10(9)15(20)21-14(13)18/h1-7,19H,18H2. The van der Waals surface area contributed by atoms with E-state index in [2.05, 4.69) is 5.32 Å². The highest BCUT2D eigenvalue weighted by atomic mass is 35.5. The highest BCUT2D eigenvalue weighted by Crippen LogP contribution is 2.34. The highest BCUT2D eigenvalue weighted by molar-refractivity contribution is 6.35. The molecule has 0 aliphatic rings. The van der Waals surface area contributed by atoms with E-state index in [0.29, 0.717) is 32.2 Å². The topological polar surface area (TPSA) is 68.3 Å². The number of rotatable bonds is 2. The number of nitrogen functional groups attached to an aromatic ring is 1. The van der Waals surface area contributed by atoms with Gasteiger partial charge in [-0.3, -0.25) is 0 Å². The van der Waals surface area contributed by atoms with E-state index in [-0.39, 0.29) is 5.88 Å². The van der Waals surface area contributed by atoms with Crippen molar-refractivity contribution in [2.45, 2.75) is 0 Å².